The number of aliphatic imine (C=N–C) groups is 1. The van der Waals surface area contributed by atoms with Crippen molar-refractivity contribution in [2.24, 2.45) is 10.4 Å². The van der Waals surface area contributed by atoms with Crippen molar-refractivity contribution in [2.75, 3.05) is 44.9 Å². The first-order valence-corrected chi connectivity index (χ1v) is 26.6. The number of benzene rings is 3. The zero-order valence-electron chi connectivity index (χ0n) is 42.6. The third-order valence-electron chi connectivity index (χ3n) is 12.9. The third-order valence-corrected chi connectivity index (χ3v) is 15.3. The van der Waals surface area contributed by atoms with Crippen LogP contribution in [0.2, 0.25) is 5.02 Å². The van der Waals surface area contributed by atoms with Crippen LogP contribution in [0.3, 0.4) is 0 Å². The number of aromatic nitrogens is 4. The number of nitrogens with zero attached hydrogens (tertiary/aromatic N) is 6. The van der Waals surface area contributed by atoms with Crippen molar-refractivity contribution in [1.82, 2.24) is 35.3 Å². The number of carbonyl (C=O) groups excluding carboxylic acids is 4. The first-order chi connectivity index (χ1) is 35.4. The molecule has 2 aliphatic heterocycles. The molecule has 5 heterocycles. The minimum atomic E-state index is -0.976. The number of nitrogens with one attached hydrogen (secondary N) is 3. The average Bonchev–Trinajstić information content (AvgIpc) is 4.14. The SMILES string of the molecule is Cc1ncsc1-c1ccc(CNC(=O)C2C[C@@H](O)CN2C(=O)[C@@H](NC(=O)COCCCOCCOc2cccc(NC(=O)C[C@@H]3N=C(c4ccc(Cl)cc4)c4c(sc(C)c4C)-n4c(C)nnc43)c2)C(C)(C)C)cc1. The smallest absolute Gasteiger partial charge is 0.246 e. The van der Waals surface area contributed by atoms with E-state index in [1.807, 2.05) is 93.2 Å². The van der Waals surface area contributed by atoms with Crippen molar-refractivity contribution in [3.05, 3.63) is 128 Å². The van der Waals surface area contributed by atoms with Crippen LogP contribution in [-0.2, 0) is 35.2 Å². The van der Waals surface area contributed by atoms with E-state index in [2.05, 4.69) is 45.0 Å². The number of carbonyl (C=O) groups is 4. The molecular weight excluding hydrogens is 1000 g/mol. The van der Waals surface area contributed by atoms with Crippen molar-refractivity contribution in [2.45, 2.75) is 98.5 Å². The number of hydrogen-bond donors (Lipinski definition) is 4. The predicted octanol–water partition coefficient (Wildman–Crippen LogP) is 7.87. The highest BCUT2D eigenvalue weighted by Gasteiger charge is 2.44. The molecule has 0 spiro atoms. The number of aryl methyl sites for hydroxylation is 3. The lowest BCUT2D eigenvalue weighted by molar-refractivity contribution is -0.144. The van der Waals surface area contributed by atoms with Gasteiger partial charge in [0.2, 0.25) is 23.6 Å². The van der Waals surface area contributed by atoms with Crippen LogP contribution in [0.5, 0.6) is 5.75 Å². The molecular formula is C54H62ClN9O8S2. The topological polar surface area (TPSA) is 211 Å². The van der Waals surface area contributed by atoms with Gasteiger partial charge < -0.3 is 40.2 Å². The molecule has 3 aromatic heterocycles. The molecule has 74 heavy (non-hydrogen) atoms. The van der Waals surface area contributed by atoms with Gasteiger partial charge in [0.05, 0.1) is 40.9 Å². The second-order valence-corrected chi connectivity index (χ2v) is 22.0. The van der Waals surface area contributed by atoms with Gasteiger partial charge in [0.15, 0.2) is 5.82 Å². The van der Waals surface area contributed by atoms with Crippen LogP contribution in [0.25, 0.3) is 15.4 Å². The first kappa shape index (κ1) is 53.9. The first-order valence-electron chi connectivity index (χ1n) is 24.5. The lowest BCUT2D eigenvalue weighted by atomic mass is 9.85. The normalized spacial score (nSPS) is 16.7. The Kier molecular flexibility index (Phi) is 17.4. The summed E-state index contributed by atoms with van der Waals surface area (Å²) in [7, 11) is 0. The molecule has 1 fully saturated rings. The van der Waals surface area contributed by atoms with Crippen LogP contribution in [0.4, 0.5) is 5.69 Å². The summed E-state index contributed by atoms with van der Waals surface area (Å²) >= 11 is 9.48. The van der Waals surface area contributed by atoms with E-state index in [-0.39, 0.29) is 64.2 Å². The number of ether oxygens (including phenoxy) is 3. The molecule has 17 nitrogen and oxygen atoms in total. The standard InChI is InChI=1S/C54H62ClN9O8S2/c1-31-33(3)74-53-46(31)47(36-16-18-38(55)19-17-36)59-42(50-62-61-34(4)64(50)53)26-44(66)58-39-10-8-11-41(24-39)72-23-22-70-20-9-21-71-29-45(67)60-49(54(5,6)7)52(69)63-28-40(65)25-43(63)51(68)56-27-35-12-14-37(15-13-35)48-32(2)57-30-73-48/h8,10-19,24,30,40,42-43,49,65H,9,20-23,25-29H2,1-7H3,(H,56,68)(H,58,66)(H,60,67)/t40-,42+,43?,49-/m1/s1. The fraction of sp³-hybridized carbons (Fsp3) is 0.407. The average molecular weight is 1060 g/mol. The van der Waals surface area contributed by atoms with Gasteiger partial charge in [-0.3, -0.25) is 28.7 Å². The Hall–Kier alpha value is -6.35. The Labute approximate surface area is 443 Å². The number of β-amino-alcohol motifs (C(OH)–C–C–N with tert-alkyl or cyclic N) is 1. The Morgan fingerprint density at radius 3 is 2.38 bits per heavy atom. The van der Waals surface area contributed by atoms with Gasteiger partial charge in [0.1, 0.15) is 47.9 Å². The molecule has 0 bridgehead atoms. The highest BCUT2D eigenvalue weighted by molar-refractivity contribution is 7.15. The summed E-state index contributed by atoms with van der Waals surface area (Å²) < 4.78 is 19.3. The van der Waals surface area contributed by atoms with E-state index in [4.69, 9.17) is 30.8 Å². The molecule has 4 N–H and O–H groups in total. The zero-order chi connectivity index (χ0) is 52.7. The molecule has 0 saturated carbocycles. The number of halogens is 1. The van der Waals surface area contributed by atoms with E-state index in [0.29, 0.717) is 41.1 Å². The van der Waals surface area contributed by atoms with E-state index in [1.165, 1.54) is 4.90 Å². The number of aliphatic hydroxyl groups is 1. The van der Waals surface area contributed by atoms with Crippen LogP contribution in [0.15, 0.2) is 83.3 Å². The van der Waals surface area contributed by atoms with Gasteiger partial charge in [-0.25, -0.2) is 4.98 Å². The van der Waals surface area contributed by atoms with Crippen molar-refractivity contribution in [3.8, 4) is 21.2 Å². The van der Waals surface area contributed by atoms with Gasteiger partial charge in [-0.15, -0.1) is 32.9 Å². The van der Waals surface area contributed by atoms with Gasteiger partial charge in [-0.05, 0) is 80.5 Å². The Balaban J connectivity index is 0.752. The summed E-state index contributed by atoms with van der Waals surface area (Å²) in [4.78, 5) is 67.4. The lowest BCUT2D eigenvalue weighted by Gasteiger charge is -2.35. The molecule has 0 radical (unpaired) electrons. The van der Waals surface area contributed by atoms with Crippen LogP contribution < -0.4 is 20.7 Å². The van der Waals surface area contributed by atoms with Crippen molar-refractivity contribution >= 4 is 69.3 Å². The Morgan fingerprint density at radius 1 is 0.905 bits per heavy atom. The second kappa shape index (κ2) is 23.9. The number of fused-ring (bicyclic) bond motifs is 3. The quantitative estimate of drug-likeness (QED) is 0.0541. The fourth-order valence-corrected chi connectivity index (χ4v) is 11.1. The molecule has 20 heteroatoms. The number of amides is 4. The lowest BCUT2D eigenvalue weighted by Crippen LogP contribution is -2.58. The molecule has 1 unspecified atom stereocenters. The minimum Gasteiger partial charge on any atom is -0.491 e. The Morgan fingerprint density at radius 2 is 1.65 bits per heavy atom. The molecule has 4 amide bonds. The van der Waals surface area contributed by atoms with Crippen molar-refractivity contribution < 1.29 is 38.5 Å². The maximum absolute atomic E-state index is 14.0. The number of thiazole rings is 1. The van der Waals surface area contributed by atoms with Gasteiger partial charge >= 0.3 is 0 Å². The maximum Gasteiger partial charge on any atom is 0.246 e. The third kappa shape index (κ3) is 12.9. The Bertz CT molecular complexity index is 3000. The van der Waals surface area contributed by atoms with Crippen LogP contribution in [-0.4, -0.2) is 117 Å². The number of thiophene rings is 1. The summed E-state index contributed by atoms with van der Waals surface area (Å²) in [6, 6.07) is 20.1. The van der Waals surface area contributed by atoms with Gasteiger partial charge in [-0.2, -0.15) is 0 Å². The van der Waals surface area contributed by atoms with Crippen LogP contribution in [0.1, 0.15) is 90.5 Å². The van der Waals surface area contributed by atoms with Crippen molar-refractivity contribution in [1.29, 1.82) is 0 Å². The predicted molar refractivity (Wildman–Crippen MR) is 286 cm³/mol. The van der Waals surface area contributed by atoms with E-state index in [1.54, 1.807) is 46.9 Å². The van der Waals surface area contributed by atoms with Gasteiger partial charge in [0, 0.05) is 65.5 Å². The number of anilines is 1. The summed E-state index contributed by atoms with van der Waals surface area (Å²) in [6.45, 7) is 14.6. The van der Waals surface area contributed by atoms with E-state index >= 15 is 0 Å². The number of likely N-dealkylation sites (tertiary alicyclic amines) is 1. The molecule has 8 rings (SSSR count). The molecule has 3 aromatic carbocycles. The fourth-order valence-electron chi connectivity index (χ4n) is 8.92. The number of rotatable bonds is 20. The highest BCUT2D eigenvalue weighted by atomic mass is 35.5. The number of hydrogen-bond acceptors (Lipinski definition) is 14. The van der Waals surface area contributed by atoms with Crippen LogP contribution >= 0.6 is 34.3 Å². The van der Waals surface area contributed by atoms with E-state index in [9.17, 15) is 24.3 Å². The van der Waals surface area contributed by atoms with Gasteiger partial charge in [-0.1, -0.05) is 74.8 Å². The van der Waals surface area contributed by atoms with E-state index < -0.39 is 41.5 Å². The highest BCUT2D eigenvalue weighted by Crippen LogP contribution is 2.40. The number of aliphatic hydroxyl groups excluding tert-OH is 1. The second-order valence-electron chi connectivity index (χ2n) is 19.5. The molecule has 390 valence electrons. The summed E-state index contributed by atoms with van der Waals surface area (Å²) in [5.41, 5.74) is 8.30. The summed E-state index contributed by atoms with van der Waals surface area (Å²) in [5.74, 6) is 0.292. The largest absolute Gasteiger partial charge is 0.491 e. The maximum atomic E-state index is 14.0. The zero-order valence-corrected chi connectivity index (χ0v) is 45.0. The summed E-state index contributed by atoms with van der Waals surface area (Å²) in [6.07, 6.45) is -0.269. The molecule has 6 aromatic rings. The van der Waals surface area contributed by atoms with Gasteiger partial charge in [0.25, 0.3) is 0 Å². The molecule has 4 atom stereocenters. The monoisotopic (exact) mass is 1060 g/mol. The molecule has 0 aliphatic carbocycles. The molecule has 1 saturated heterocycles. The molecule has 2 aliphatic rings. The summed E-state index contributed by atoms with van der Waals surface area (Å²) in [5, 5.41) is 29.8. The van der Waals surface area contributed by atoms with Crippen molar-refractivity contribution in [3.63, 3.8) is 0 Å². The van der Waals surface area contributed by atoms with E-state index in [0.717, 1.165) is 54.0 Å². The minimum absolute atomic E-state index is 0.0199. The van der Waals surface area contributed by atoms with Crippen LogP contribution in [0, 0.1) is 33.1 Å².